The number of aliphatic hydroxyl groups excluding tert-OH is 1. The fraction of sp³-hybridized carbons (Fsp3) is 0.524. The molecule has 0 spiro atoms. The van der Waals surface area contributed by atoms with Gasteiger partial charge in [0.25, 0.3) is 0 Å². The number of aliphatic hydroxyl groups is 1. The summed E-state index contributed by atoms with van der Waals surface area (Å²) in [6.45, 7) is 19.5. The van der Waals surface area contributed by atoms with Crippen LogP contribution in [0.1, 0.15) is 53.2 Å². The predicted molar refractivity (Wildman–Crippen MR) is 115 cm³/mol. The molecule has 6 nitrogen and oxygen atoms in total. The Morgan fingerprint density at radius 2 is 2.00 bits per heavy atom. The lowest BCUT2D eigenvalue weighted by atomic mass is 10.2. The van der Waals surface area contributed by atoms with Gasteiger partial charge in [0, 0.05) is 39.0 Å². The quantitative estimate of drug-likeness (QED) is 0.609. The van der Waals surface area contributed by atoms with E-state index in [1.54, 1.807) is 10.9 Å². The van der Waals surface area contributed by atoms with Crippen LogP contribution in [-0.2, 0) is 6.54 Å². The number of rotatable bonds is 9. The van der Waals surface area contributed by atoms with Gasteiger partial charge in [-0.25, -0.2) is 0 Å². The molecule has 0 fully saturated rings. The lowest BCUT2D eigenvalue weighted by Gasteiger charge is -2.19. The maximum Gasteiger partial charge on any atom is 0.175 e. The van der Waals surface area contributed by atoms with Gasteiger partial charge in [0.05, 0.1) is 17.5 Å². The minimum atomic E-state index is 0.147. The number of aryl methyl sites for hydroxylation is 1. The highest BCUT2D eigenvalue weighted by Gasteiger charge is 2.17. The molecule has 2 rings (SSSR count). The third-order valence-corrected chi connectivity index (χ3v) is 3.63. The van der Waals surface area contributed by atoms with Gasteiger partial charge in [0.2, 0.25) is 0 Å². The van der Waals surface area contributed by atoms with Crippen molar-refractivity contribution < 1.29 is 9.52 Å². The largest absolute Gasteiger partial charge is 0.452 e. The van der Waals surface area contributed by atoms with Crippen LogP contribution in [0.5, 0.6) is 0 Å². The SMILES string of the molecule is C=Nc1cc(-c2cnn(CCCO)c2)oc1C(=C)N(C)CCC.CC.CC. The minimum Gasteiger partial charge on any atom is -0.452 e. The van der Waals surface area contributed by atoms with Crippen LogP contribution in [0.2, 0.25) is 0 Å². The highest BCUT2D eigenvalue weighted by atomic mass is 16.3. The van der Waals surface area contributed by atoms with E-state index in [0.717, 1.165) is 24.2 Å². The van der Waals surface area contributed by atoms with Crippen LogP contribution in [0.3, 0.4) is 0 Å². The van der Waals surface area contributed by atoms with Crippen LogP contribution in [-0.4, -0.2) is 46.7 Å². The monoisotopic (exact) mass is 376 g/mol. The molecule has 2 heterocycles. The summed E-state index contributed by atoms with van der Waals surface area (Å²) in [6, 6.07) is 1.85. The Labute approximate surface area is 164 Å². The van der Waals surface area contributed by atoms with E-state index < -0.39 is 0 Å². The zero-order valence-corrected chi connectivity index (χ0v) is 17.8. The zero-order valence-electron chi connectivity index (χ0n) is 17.8. The van der Waals surface area contributed by atoms with E-state index >= 15 is 0 Å². The Balaban J connectivity index is 0.00000158. The highest BCUT2D eigenvalue weighted by molar-refractivity contribution is 5.74. The summed E-state index contributed by atoms with van der Waals surface area (Å²) in [5.74, 6) is 1.32. The highest BCUT2D eigenvalue weighted by Crippen LogP contribution is 2.35. The number of furan rings is 1. The van der Waals surface area contributed by atoms with Crippen LogP contribution in [0.25, 0.3) is 17.0 Å². The summed E-state index contributed by atoms with van der Waals surface area (Å²) in [4.78, 5) is 6.09. The average Bonchev–Trinajstić information content (AvgIpc) is 3.35. The Bertz CT molecular complexity index is 674. The van der Waals surface area contributed by atoms with Crippen LogP contribution in [0.15, 0.2) is 34.4 Å². The van der Waals surface area contributed by atoms with Crippen molar-refractivity contribution in [3.63, 3.8) is 0 Å². The summed E-state index contributed by atoms with van der Waals surface area (Å²) in [5.41, 5.74) is 2.33. The van der Waals surface area contributed by atoms with Crippen LogP contribution in [0.4, 0.5) is 5.69 Å². The van der Waals surface area contributed by atoms with Gasteiger partial charge in [0.1, 0.15) is 11.4 Å². The standard InChI is InChI=1S/C17H24N4O2.2C2H6/c1-5-7-20(4)13(2)17-15(18-3)10-16(23-17)14-11-19-21(12-14)8-6-9-22;2*1-2/h10-12,22H,2-3,5-9H2,1,4H3;2*1-2H3. The lowest BCUT2D eigenvalue weighted by molar-refractivity contribution is 0.277. The van der Waals surface area contributed by atoms with Crippen molar-refractivity contribution in [1.29, 1.82) is 0 Å². The van der Waals surface area contributed by atoms with E-state index in [1.165, 1.54) is 0 Å². The van der Waals surface area contributed by atoms with E-state index in [1.807, 2.05) is 51.9 Å². The van der Waals surface area contributed by atoms with Crippen molar-refractivity contribution >= 4 is 18.1 Å². The molecule has 0 bridgehead atoms. The van der Waals surface area contributed by atoms with Gasteiger partial charge in [-0.1, -0.05) is 41.2 Å². The number of hydrogen-bond acceptors (Lipinski definition) is 5. The Morgan fingerprint density at radius 3 is 2.56 bits per heavy atom. The molecule has 0 aromatic carbocycles. The number of aliphatic imine (C=N–C) groups is 1. The predicted octanol–water partition coefficient (Wildman–Crippen LogP) is 5.22. The molecule has 6 heteroatoms. The topological polar surface area (TPSA) is 66.8 Å². The third kappa shape index (κ3) is 7.06. The lowest BCUT2D eigenvalue weighted by Crippen LogP contribution is -2.16. The summed E-state index contributed by atoms with van der Waals surface area (Å²) in [6.07, 6.45) is 5.33. The summed E-state index contributed by atoms with van der Waals surface area (Å²) >= 11 is 0. The van der Waals surface area contributed by atoms with Crippen LogP contribution >= 0.6 is 0 Å². The molecule has 1 N–H and O–H groups in total. The molecule has 0 aliphatic carbocycles. The van der Waals surface area contributed by atoms with E-state index in [2.05, 4.69) is 30.3 Å². The van der Waals surface area contributed by atoms with E-state index in [9.17, 15) is 0 Å². The van der Waals surface area contributed by atoms with Crippen molar-refractivity contribution in [2.24, 2.45) is 4.99 Å². The molecule has 0 amide bonds. The van der Waals surface area contributed by atoms with Crippen molar-refractivity contribution in [3.8, 4) is 11.3 Å². The van der Waals surface area contributed by atoms with Gasteiger partial charge in [-0.05, 0) is 19.6 Å². The van der Waals surface area contributed by atoms with Crippen molar-refractivity contribution in [2.45, 2.75) is 54.0 Å². The Hall–Kier alpha value is -2.34. The molecule has 2 aromatic rings. The molecule has 0 radical (unpaired) electrons. The van der Waals surface area contributed by atoms with Crippen molar-refractivity contribution in [3.05, 3.63) is 30.8 Å². The van der Waals surface area contributed by atoms with E-state index in [4.69, 9.17) is 9.52 Å². The maximum absolute atomic E-state index is 8.89. The van der Waals surface area contributed by atoms with Gasteiger partial charge < -0.3 is 14.4 Å². The van der Waals surface area contributed by atoms with Gasteiger partial charge >= 0.3 is 0 Å². The number of nitrogens with zero attached hydrogens (tertiary/aromatic N) is 4. The van der Waals surface area contributed by atoms with Crippen LogP contribution in [0, 0.1) is 0 Å². The van der Waals surface area contributed by atoms with Crippen LogP contribution < -0.4 is 0 Å². The number of hydrogen-bond donors (Lipinski definition) is 1. The molecule has 0 unspecified atom stereocenters. The summed E-state index contributed by atoms with van der Waals surface area (Å²) in [7, 11) is 1.98. The van der Waals surface area contributed by atoms with Gasteiger partial charge in [-0.3, -0.25) is 9.67 Å². The second kappa shape index (κ2) is 13.8. The summed E-state index contributed by atoms with van der Waals surface area (Å²) in [5, 5.41) is 13.2. The first-order valence-corrected chi connectivity index (χ1v) is 9.75. The van der Waals surface area contributed by atoms with E-state index in [-0.39, 0.29) is 6.61 Å². The van der Waals surface area contributed by atoms with Crippen molar-refractivity contribution in [2.75, 3.05) is 20.2 Å². The van der Waals surface area contributed by atoms with Gasteiger partial charge in [-0.2, -0.15) is 5.10 Å². The zero-order chi connectivity index (χ0) is 20.8. The molecule has 2 aromatic heterocycles. The maximum atomic E-state index is 8.89. The average molecular weight is 377 g/mol. The fourth-order valence-electron chi connectivity index (χ4n) is 2.34. The first-order valence-electron chi connectivity index (χ1n) is 9.75. The Morgan fingerprint density at radius 1 is 1.33 bits per heavy atom. The fourth-order valence-corrected chi connectivity index (χ4v) is 2.34. The van der Waals surface area contributed by atoms with Crippen molar-refractivity contribution in [1.82, 2.24) is 14.7 Å². The molecular weight excluding hydrogens is 340 g/mol. The molecule has 152 valence electrons. The smallest absolute Gasteiger partial charge is 0.175 e. The molecular formula is C21H36N4O2. The molecule has 0 aliphatic heterocycles. The van der Waals surface area contributed by atoms with E-state index in [0.29, 0.717) is 30.2 Å². The molecule has 0 saturated heterocycles. The van der Waals surface area contributed by atoms with Gasteiger partial charge in [-0.15, -0.1) is 0 Å². The molecule has 0 aliphatic rings. The first-order chi connectivity index (χ1) is 13.1. The normalized spacial score (nSPS) is 9.59. The van der Waals surface area contributed by atoms with Gasteiger partial charge in [0.15, 0.2) is 5.76 Å². The first kappa shape index (κ1) is 24.7. The Kier molecular flexibility index (Phi) is 12.6. The second-order valence-electron chi connectivity index (χ2n) is 5.42. The number of aromatic nitrogens is 2. The molecule has 0 atom stereocenters. The molecule has 0 saturated carbocycles. The minimum absolute atomic E-state index is 0.147. The second-order valence-corrected chi connectivity index (χ2v) is 5.42. The summed E-state index contributed by atoms with van der Waals surface area (Å²) < 4.78 is 7.75. The molecule has 27 heavy (non-hydrogen) atoms. The third-order valence-electron chi connectivity index (χ3n) is 3.63.